The van der Waals surface area contributed by atoms with Crippen LogP contribution in [0, 0.1) is 5.92 Å². The van der Waals surface area contributed by atoms with E-state index < -0.39 is 54.0 Å². The SMILES string of the molecule is C=CCC(CC(=O)NC(CO)Cc1ccccc1)C(=O)NC(CCCCNC(=O)OCc1ccccc1)COC(=O)C(CC=C)NC(=O)OCc1ccccc1. The van der Waals surface area contributed by atoms with Crippen molar-refractivity contribution >= 4 is 30.0 Å². The second-order valence-electron chi connectivity index (χ2n) is 13.2. The Morgan fingerprint density at radius 1 is 0.661 bits per heavy atom. The molecular weight excluding hydrogens is 716 g/mol. The number of benzene rings is 3. The van der Waals surface area contributed by atoms with Crippen molar-refractivity contribution in [3.63, 3.8) is 0 Å². The molecule has 0 aliphatic heterocycles. The van der Waals surface area contributed by atoms with E-state index in [1.54, 1.807) is 18.2 Å². The molecule has 0 aliphatic carbocycles. The van der Waals surface area contributed by atoms with Crippen molar-refractivity contribution in [2.24, 2.45) is 5.92 Å². The lowest BCUT2D eigenvalue weighted by Crippen LogP contribution is -2.46. The lowest BCUT2D eigenvalue weighted by molar-refractivity contribution is -0.147. The van der Waals surface area contributed by atoms with Gasteiger partial charge in [-0.15, -0.1) is 13.2 Å². The number of allylic oxidation sites excluding steroid dienone is 1. The van der Waals surface area contributed by atoms with Crippen LogP contribution in [0.25, 0.3) is 0 Å². The first-order valence-corrected chi connectivity index (χ1v) is 18.7. The van der Waals surface area contributed by atoms with Gasteiger partial charge in [0.25, 0.3) is 0 Å². The van der Waals surface area contributed by atoms with E-state index in [0.29, 0.717) is 32.2 Å². The van der Waals surface area contributed by atoms with Crippen LogP contribution < -0.4 is 21.3 Å². The Labute approximate surface area is 328 Å². The number of alkyl carbamates (subject to hydrolysis) is 2. The van der Waals surface area contributed by atoms with Crippen LogP contribution in [0.1, 0.15) is 55.2 Å². The third kappa shape index (κ3) is 17.9. The van der Waals surface area contributed by atoms with Gasteiger partial charge >= 0.3 is 18.2 Å². The summed E-state index contributed by atoms with van der Waals surface area (Å²) in [7, 11) is 0. The standard InChI is InChI=1S/C43H54N4O9/c1-3-16-35(27-39(49)45-37(28-48)26-32-18-8-5-9-19-32)40(50)46-36(24-14-15-25-44-42(52)55-29-33-20-10-6-11-21-33)31-54-41(51)38(17-4-2)47-43(53)56-30-34-22-12-7-13-23-34/h3-13,18-23,35-38,48H,1-2,14-17,24-31H2,(H,44,52)(H,45,49)(H,46,50)(H,47,53). The maximum absolute atomic E-state index is 13.6. The molecular formula is C43H54N4O9. The third-order valence-electron chi connectivity index (χ3n) is 8.59. The number of hydrogen-bond donors (Lipinski definition) is 5. The number of unbranched alkanes of at least 4 members (excludes halogenated alkanes) is 1. The summed E-state index contributed by atoms with van der Waals surface area (Å²) in [4.78, 5) is 64.6. The number of amides is 4. The van der Waals surface area contributed by atoms with Gasteiger partial charge in [-0.05, 0) is 55.2 Å². The fourth-order valence-corrected chi connectivity index (χ4v) is 5.62. The molecule has 3 rings (SSSR count). The first-order chi connectivity index (χ1) is 27.2. The molecule has 0 bridgehead atoms. The monoisotopic (exact) mass is 770 g/mol. The second-order valence-corrected chi connectivity index (χ2v) is 13.2. The molecule has 0 saturated carbocycles. The van der Waals surface area contributed by atoms with Crippen molar-refractivity contribution in [1.29, 1.82) is 0 Å². The van der Waals surface area contributed by atoms with E-state index in [1.807, 2.05) is 78.9 Å². The van der Waals surface area contributed by atoms with Crippen LogP contribution in [0.15, 0.2) is 116 Å². The normalized spacial score (nSPS) is 12.7. The van der Waals surface area contributed by atoms with Gasteiger partial charge in [-0.2, -0.15) is 0 Å². The quantitative estimate of drug-likeness (QED) is 0.0331. The number of aliphatic hydroxyl groups excluding tert-OH is 1. The molecule has 56 heavy (non-hydrogen) atoms. The van der Waals surface area contributed by atoms with Crippen molar-refractivity contribution < 1.29 is 43.3 Å². The topological polar surface area (TPSA) is 181 Å². The van der Waals surface area contributed by atoms with Gasteiger partial charge < -0.3 is 40.6 Å². The van der Waals surface area contributed by atoms with E-state index in [9.17, 15) is 29.1 Å². The van der Waals surface area contributed by atoms with Gasteiger partial charge in [-0.3, -0.25) is 9.59 Å². The van der Waals surface area contributed by atoms with E-state index in [4.69, 9.17) is 14.2 Å². The zero-order valence-electron chi connectivity index (χ0n) is 31.7. The molecule has 5 N–H and O–H groups in total. The Morgan fingerprint density at radius 3 is 1.80 bits per heavy atom. The Hall–Kier alpha value is -5.95. The molecule has 3 aromatic rings. The number of hydrogen-bond acceptors (Lipinski definition) is 9. The molecule has 0 saturated heterocycles. The first-order valence-electron chi connectivity index (χ1n) is 18.7. The van der Waals surface area contributed by atoms with Crippen molar-refractivity contribution in [1.82, 2.24) is 21.3 Å². The summed E-state index contributed by atoms with van der Waals surface area (Å²) < 4.78 is 16.1. The Morgan fingerprint density at radius 2 is 1.23 bits per heavy atom. The lowest BCUT2D eigenvalue weighted by Gasteiger charge is -2.24. The smallest absolute Gasteiger partial charge is 0.408 e. The molecule has 0 spiro atoms. The van der Waals surface area contributed by atoms with Crippen LogP contribution in [0.5, 0.6) is 0 Å². The molecule has 0 heterocycles. The number of carbonyl (C=O) groups is 5. The predicted molar refractivity (Wildman–Crippen MR) is 212 cm³/mol. The van der Waals surface area contributed by atoms with Gasteiger partial charge in [0.15, 0.2) is 0 Å². The fourth-order valence-electron chi connectivity index (χ4n) is 5.62. The maximum Gasteiger partial charge on any atom is 0.408 e. The van der Waals surface area contributed by atoms with Crippen LogP contribution >= 0.6 is 0 Å². The minimum absolute atomic E-state index is 0.00776. The van der Waals surface area contributed by atoms with Crippen LogP contribution in [0.2, 0.25) is 0 Å². The summed E-state index contributed by atoms with van der Waals surface area (Å²) in [6.07, 6.45) is 3.55. The number of carbonyl (C=O) groups excluding carboxylic acids is 5. The highest BCUT2D eigenvalue weighted by Crippen LogP contribution is 2.14. The van der Waals surface area contributed by atoms with Crippen molar-refractivity contribution in [3.05, 3.63) is 133 Å². The van der Waals surface area contributed by atoms with E-state index in [1.165, 1.54) is 6.08 Å². The Bertz CT molecular complexity index is 1660. The predicted octanol–water partition coefficient (Wildman–Crippen LogP) is 5.28. The van der Waals surface area contributed by atoms with Crippen molar-refractivity contribution in [2.75, 3.05) is 19.8 Å². The average Bonchev–Trinajstić information content (AvgIpc) is 3.21. The van der Waals surface area contributed by atoms with Gasteiger partial charge in [-0.1, -0.05) is 103 Å². The van der Waals surface area contributed by atoms with Crippen LogP contribution in [0.4, 0.5) is 9.59 Å². The van der Waals surface area contributed by atoms with Crippen LogP contribution in [0.3, 0.4) is 0 Å². The minimum atomic E-state index is -1.09. The van der Waals surface area contributed by atoms with Gasteiger partial charge in [-0.25, -0.2) is 14.4 Å². The fraction of sp³-hybridized carbons (Fsp3) is 0.372. The number of aliphatic hydroxyl groups is 1. The summed E-state index contributed by atoms with van der Waals surface area (Å²) in [6, 6.07) is 25.5. The molecule has 0 fully saturated rings. The highest BCUT2D eigenvalue weighted by Gasteiger charge is 2.27. The second kappa shape index (κ2) is 26.0. The molecule has 0 aliphatic rings. The van der Waals surface area contributed by atoms with Crippen LogP contribution in [-0.2, 0) is 48.2 Å². The summed E-state index contributed by atoms with van der Waals surface area (Å²) in [5.74, 6) is -2.40. The van der Waals surface area contributed by atoms with E-state index >= 15 is 0 Å². The highest BCUT2D eigenvalue weighted by molar-refractivity contribution is 5.86. The van der Waals surface area contributed by atoms with Crippen molar-refractivity contribution in [3.8, 4) is 0 Å². The first kappa shape index (κ1) is 44.4. The van der Waals surface area contributed by atoms with Crippen molar-refractivity contribution in [2.45, 2.75) is 76.3 Å². The molecule has 13 heteroatoms. The number of esters is 1. The number of nitrogens with one attached hydrogen (secondary N) is 4. The van der Waals surface area contributed by atoms with Gasteiger partial charge in [0.05, 0.1) is 24.6 Å². The molecule has 300 valence electrons. The summed E-state index contributed by atoms with van der Waals surface area (Å²) >= 11 is 0. The number of ether oxygens (including phenoxy) is 3. The third-order valence-corrected chi connectivity index (χ3v) is 8.59. The largest absolute Gasteiger partial charge is 0.462 e. The molecule has 3 aromatic carbocycles. The Kier molecular flexibility index (Phi) is 20.6. The van der Waals surface area contributed by atoms with Gasteiger partial charge in [0.2, 0.25) is 11.8 Å². The molecule has 13 nitrogen and oxygen atoms in total. The molecule has 0 aromatic heterocycles. The summed E-state index contributed by atoms with van der Waals surface area (Å²) in [5.41, 5.74) is 2.58. The number of rotatable bonds is 25. The van der Waals surface area contributed by atoms with Gasteiger partial charge in [0.1, 0.15) is 25.9 Å². The minimum Gasteiger partial charge on any atom is -0.462 e. The summed E-state index contributed by atoms with van der Waals surface area (Å²) in [6.45, 7) is 7.35. The maximum atomic E-state index is 13.6. The zero-order valence-corrected chi connectivity index (χ0v) is 31.7. The molecule has 4 unspecified atom stereocenters. The van der Waals surface area contributed by atoms with E-state index in [-0.39, 0.29) is 45.7 Å². The zero-order chi connectivity index (χ0) is 40.4. The van der Waals surface area contributed by atoms with E-state index in [2.05, 4.69) is 34.4 Å². The van der Waals surface area contributed by atoms with Gasteiger partial charge in [0, 0.05) is 13.0 Å². The molecule has 4 atom stereocenters. The average molecular weight is 771 g/mol. The summed E-state index contributed by atoms with van der Waals surface area (Å²) in [5, 5.41) is 20.9. The Balaban J connectivity index is 1.59. The van der Waals surface area contributed by atoms with E-state index in [0.717, 1.165) is 16.7 Å². The molecule has 4 amide bonds. The molecule has 0 radical (unpaired) electrons. The highest BCUT2D eigenvalue weighted by atomic mass is 16.6. The lowest BCUT2D eigenvalue weighted by atomic mass is 9.98. The van der Waals surface area contributed by atoms with Crippen LogP contribution in [-0.4, -0.2) is 73.0 Å².